The number of carbonyl (C=O) groups is 1. The van der Waals surface area contributed by atoms with Crippen LogP contribution in [0.4, 0.5) is 5.69 Å². The molecule has 2 aromatic rings. The van der Waals surface area contributed by atoms with Crippen molar-refractivity contribution in [3.05, 3.63) is 29.9 Å². The lowest BCUT2D eigenvalue weighted by Gasteiger charge is -2.03. The minimum absolute atomic E-state index is 0.240. The average Bonchev–Trinajstić information content (AvgIpc) is 2.76. The zero-order chi connectivity index (χ0) is 12.3. The summed E-state index contributed by atoms with van der Waals surface area (Å²) in [6.07, 6.45) is 4.26. The fraction of sp³-hybridized carbons (Fsp3) is 0.200. The van der Waals surface area contributed by atoms with Crippen molar-refractivity contribution in [2.75, 3.05) is 12.4 Å². The summed E-state index contributed by atoms with van der Waals surface area (Å²) < 4.78 is 9.60. The first kappa shape index (κ1) is 11.1. The second-order valence-electron chi connectivity index (χ2n) is 3.21. The van der Waals surface area contributed by atoms with E-state index in [0.717, 1.165) is 0 Å². The Kier molecular flexibility index (Phi) is 2.99. The van der Waals surface area contributed by atoms with Gasteiger partial charge in [0.25, 0.3) is 5.91 Å². The summed E-state index contributed by atoms with van der Waals surface area (Å²) in [5.74, 6) is 0.134. The predicted molar refractivity (Wildman–Crippen MR) is 57.8 cm³/mol. The quantitative estimate of drug-likeness (QED) is 0.853. The van der Waals surface area contributed by atoms with Gasteiger partial charge in [-0.15, -0.1) is 0 Å². The van der Waals surface area contributed by atoms with Crippen LogP contribution in [0, 0.1) is 6.92 Å². The van der Waals surface area contributed by atoms with Crippen LogP contribution in [-0.4, -0.2) is 28.1 Å². The molecule has 0 aliphatic rings. The van der Waals surface area contributed by atoms with Gasteiger partial charge in [0.05, 0.1) is 31.4 Å². The third-order valence-electron chi connectivity index (χ3n) is 2.06. The lowest BCUT2D eigenvalue weighted by Crippen LogP contribution is -2.12. The first-order valence-electron chi connectivity index (χ1n) is 4.79. The maximum Gasteiger partial charge on any atom is 0.316 e. The summed E-state index contributed by atoms with van der Waals surface area (Å²) >= 11 is 0. The summed E-state index contributed by atoms with van der Waals surface area (Å²) in [5.41, 5.74) is 0.845. The van der Waals surface area contributed by atoms with Gasteiger partial charge in [-0.3, -0.25) is 4.79 Å². The van der Waals surface area contributed by atoms with Crippen LogP contribution in [0.25, 0.3) is 0 Å². The Bertz CT molecular complexity index is 521. The van der Waals surface area contributed by atoms with Crippen LogP contribution in [0.2, 0.25) is 0 Å². The number of amides is 1. The summed E-state index contributed by atoms with van der Waals surface area (Å²) in [4.78, 5) is 19.5. The van der Waals surface area contributed by atoms with E-state index in [1.807, 2.05) is 0 Å². The molecule has 0 aliphatic heterocycles. The number of aromatic nitrogens is 3. The third-order valence-corrected chi connectivity index (χ3v) is 2.06. The molecule has 0 atom stereocenters. The number of hydrogen-bond acceptors (Lipinski definition) is 6. The molecule has 0 radical (unpaired) electrons. The van der Waals surface area contributed by atoms with Gasteiger partial charge in [0, 0.05) is 0 Å². The van der Waals surface area contributed by atoms with Crippen molar-refractivity contribution in [3.8, 4) is 6.01 Å². The number of ether oxygens (including phenoxy) is 1. The molecule has 0 saturated heterocycles. The Morgan fingerprint density at radius 3 is 2.59 bits per heavy atom. The van der Waals surface area contributed by atoms with E-state index in [0.29, 0.717) is 17.0 Å². The average molecular weight is 234 g/mol. The molecule has 0 spiro atoms. The molecule has 2 heterocycles. The number of methoxy groups -OCH3 is 1. The minimum Gasteiger partial charge on any atom is -0.467 e. The Hall–Kier alpha value is -2.44. The number of anilines is 1. The molecule has 88 valence electrons. The van der Waals surface area contributed by atoms with Crippen LogP contribution in [0.5, 0.6) is 6.01 Å². The van der Waals surface area contributed by atoms with Gasteiger partial charge in [-0.2, -0.15) is 0 Å². The summed E-state index contributed by atoms with van der Waals surface area (Å²) in [6, 6.07) is 0.240. The monoisotopic (exact) mass is 234 g/mol. The van der Waals surface area contributed by atoms with E-state index in [-0.39, 0.29) is 11.9 Å². The van der Waals surface area contributed by atoms with E-state index in [2.05, 4.69) is 20.4 Å². The zero-order valence-electron chi connectivity index (χ0n) is 9.30. The maximum atomic E-state index is 11.8. The first-order valence-corrected chi connectivity index (χ1v) is 4.79. The molecule has 2 rings (SSSR count). The lowest BCUT2D eigenvalue weighted by atomic mass is 10.2. The molecular formula is C10H10N4O3. The Balaban J connectivity index is 2.10. The number of rotatable bonds is 3. The van der Waals surface area contributed by atoms with Gasteiger partial charge in [-0.1, -0.05) is 5.16 Å². The highest BCUT2D eigenvalue weighted by Crippen LogP contribution is 2.11. The van der Waals surface area contributed by atoms with Crippen LogP contribution in [-0.2, 0) is 0 Å². The van der Waals surface area contributed by atoms with Crippen molar-refractivity contribution >= 4 is 11.6 Å². The zero-order valence-corrected chi connectivity index (χ0v) is 9.30. The molecule has 0 aliphatic carbocycles. The summed E-state index contributed by atoms with van der Waals surface area (Å²) in [6.45, 7) is 1.66. The van der Waals surface area contributed by atoms with Crippen LogP contribution >= 0.6 is 0 Å². The van der Waals surface area contributed by atoms with Gasteiger partial charge in [0.15, 0.2) is 0 Å². The lowest BCUT2D eigenvalue weighted by molar-refractivity contribution is 0.102. The molecular weight excluding hydrogens is 224 g/mol. The van der Waals surface area contributed by atoms with Crippen LogP contribution in [0.1, 0.15) is 16.1 Å². The molecule has 7 nitrogen and oxygen atoms in total. The molecule has 1 N–H and O–H groups in total. The molecule has 7 heteroatoms. The van der Waals surface area contributed by atoms with Crippen molar-refractivity contribution in [3.63, 3.8) is 0 Å². The first-order chi connectivity index (χ1) is 8.20. The number of carbonyl (C=O) groups excluding carboxylic acids is 1. The van der Waals surface area contributed by atoms with Gasteiger partial charge >= 0.3 is 6.01 Å². The Morgan fingerprint density at radius 1 is 1.35 bits per heavy atom. The molecule has 2 aromatic heterocycles. The van der Waals surface area contributed by atoms with Gasteiger partial charge in [-0.25, -0.2) is 9.97 Å². The van der Waals surface area contributed by atoms with Crippen LogP contribution < -0.4 is 10.1 Å². The summed E-state index contributed by atoms with van der Waals surface area (Å²) in [7, 11) is 1.47. The second kappa shape index (κ2) is 4.60. The van der Waals surface area contributed by atoms with Crippen molar-refractivity contribution in [1.29, 1.82) is 0 Å². The van der Waals surface area contributed by atoms with E-state index in [1.165, 1.54) is 25.7 Å². The van der Waals surface area contributed by atoms with Gasteiger partial charge in [0.1, 0.15) is 11.3 Å². The van der Waals surface area contributed by atoms with Crippen molar-refractivity contribution < 1.29 is 14.1 Å². The molecule has 0 bridgehead atoms. The van der Waals surface area contributed by atoms with Crippen molar-refractivity contribution in [2.24, 2.45) is 0 Å². The van der Waals surface area contributed by atoms with Crippen molar-refractivity contribution in [1.82, 2.24) is 15.1 Å². The van der Waals surface area contributed by atoms with Crippen LogP contribution in [0.3, 0.4) is 0 Å². The number of nitrogens with zero attached hydrogens (tertiary/aromatic N) is 3. The maximum absolute atomic E-state index is 11.8. The Morgan fingerprint density at radius 2 is 2.06 bits per heavy atom. The van der Waals surface area contributed by atoms with E-state index in [4.69, 9.17) is 9.26 Å². The molecule has 1 amide bonds. The smallest absolute Gasteiger partial charge is 0.316 e. The SMILES string of the molecule is COc1ncc(NC(=O)c2cnoc2C)cn1. The summed E-state index contributed by atoms with van der Waals surface area (Å²) in [5, 5.41) is 6.14. The van der Waals surface area contributed by atoms with Gasteiger partial charge < -0.3 is 14.6 Å². The molecule has 17 heavy (non-hydrogen) atoms. The van der Waals surface area contributed by atoms with E-state index in [1.54, 1.807) is 6.92 Å². The third kappa shape index (κ3) is 2.39. The number of nitrogens with one attached hydrogen (secondary N) is 1. The Labute approximate surface area is 96.8 Å². The highest BCUT2D eigenvalue weighted by Gasteiger charge is 2.13. The van der Waals surface area contributed by atoms with E-state index < -0.39 is 0 Å². The highest BCUT2D eigenvalue weighted by molar-refractivity contribution is 6.04. The van der Waals surface area contributed by atoms with E-state index in [9.17, 15) is 4.79 Å². The topological polar surface area (TPSA) is 90.1 Å². The van der Waals surface area contributed by atoms with Crippen LogP contribution in [0.15, 0.2) is 23.1 Å². The highest BCUT2D eigenvalue weighted by atomic mass is 16.5. The standard InChI is InChI=1S/C10H10N4O3/c1-6-8(5-13-17-6)9(15)14-7-3-11-10(16-2)12-4-7/h3-5H,1-2H3,(H,14,15). The largest absolute Gasteiger partial charge is 0.467 e. The fourth-order valence-electron chi connectivity index (χ4n) is 1.20. The molecule has 0 fully saturated rings. The molecule has 0 unspecified atom stereocenters. The van der Waals surface area contributed by atoms with Gasteiger partial charge in [0.2, 0.25) is 0 Å². The van der Waals surface area contributed by atoms with Crippen molar-refractivity contribution in [2.45, 2.75) is 6.92 Å². The fourth-order valence-corrected chi connectivity index (χ4v) is 1.20. The van der Waals surface area contributed by atoms with E-state index >= 15 is 0 Å². The number of hydrogen-bond donors (Lipinski definition) is 1. The number of aryl methyl sites for hydroxylation is 1. The minimum atomic E-state index is -0.322. The molecule has 0 saturated carbocycles. The second-order valence-corrected chi connectivity index (χ2v) is 3.21. The molecule has 0 aromatic carbocycles. The normalized spacial score (nSPS) is 10.0. The van der Waals surface area contributed by atoms with Gasteiger partial charge in [-0.05, 0) is 6.92 Å². The predicted octanol–water partition coefficient (Wildman–Crippen LogP) is 1.03.